The fraction of sp³-hybridized carbons (Fsp3) is 0.353. The molecule has 4 rings (SSSR count). The summed E-state index contributed by atoms with van der Waals surface area (Å²) >= 11 is 9.85. The van der Waals surface area contributed by atoms with E-state index in [9.17, 15) is 0 Å². The Morgan fingerprint density at radius 1 is 1.23 bits per heavy atom. The summed E-state index contributed by atoms with van der Waals surface area (Å²) in [7, 11) is 0. The minimum atomic E-state index is 0. The fourth-order valence-corrected chi connectivity index (χ4v) is 4.33. The average Bonchev–Trinajstić information content (AvgIpc) is 3.10. The van der Waals surface area contributed by atoms with Gasteiger partial charge in [0.15, 0.2) is 0 Å². The second kappa shape index (κ2) is 6.48. The van der Waals surface area contributed by atoms with Crippen LogP contribution in [0.1, 0.15) is 30.7 Å². The summed E-state index contributed by atoms with van der Waals surface area (Å²) in [5.74, 6) is 0.583. The van der Waals surface area contributed by atoms with Crippen LogP contribution < -0.4 is 5.32 Å². The Morgan fingerprint density at radius 3 is 2.77 bits per heavy atom. The van der Waals surface area contributed by atoms with E-state index in [1.165, 1.54) is 24.8 Å². The zero-order valence-electron chi connectivity index (χ0n) is 11.9. The van der Waals surface area contributed by atoms with Crippen LogP contribution in [0, 0.1) is 0 Å². The van der Waals surface area contributed by atoms with Crippen molar-refractivity contribution >= 4 is 39.9 Å². The van der Waals surface area contributed by atoms with E-state index in [1.807, 2.05) is 18.3 Å². The molecule has 2 aromatic rings. The Balaban J connectivity index is 0.00000144. The number of aromatic nitrogens is 1. The number of nitrogens with one attached hydrogen (secondary N) is 1. The van der Waals surface area contributed by atoms with E-state index in [0.717, 1.165) is 15.6 Å². The third-order valence-electron chi connectivity index (χ3n) is 4.72. The maximum atomic E-state index is 6.33. The highest BCUT2D eigenvalue weighted by molar-refractivity contribution is 9.10. The Hall–Kier alpha value is -0.610. The molecule has 2 aliphatic rings. The molecule has 22 heavy (non-hydrogen) atoms. The van der Waals surface area contributed by atoms with E-state index in [-0.39, 0.29) is 12.4 Å². The molecule has 2 bridgehead atoms. The fourth-order valence-electron chi connectivity index (χ4n) is 3.72. The third-order valence-corrected chi connectivity index (χ3v) is 5.52. The van der Waals surface area contributed by atoms with Crippen molar-refractivity contribution in [1.29, 1.82) is 0 Å². The Kier molecular flexibility index (Phi) is 4.79. The van der Waals surface area contributed by atoms with Crippen LogP contribution in [-0.2, 0) is 0 Å². The van der Waals surface area contributed by atoms with Gasteiger partial charge in [0.2, 0.25) is 0 Å². The van der Waals surface area contributed by atoms with E-state index in [1.54, 1.807) is 0 Å². The van der Waals surface area contributed by atoms with E-state index in [4.69, 9.17) is 11.6 Å². The molecule has 116 valence electrons. The molecule has 0 spiro atoms. The van der Waals surface area contributed by atoms with Gasteiger partial charge >= 0.3 is 0 Å². The Bertz CT molecular complexity index is 692. The summed E-state index contributed by atoms with van der Waals surface area (Å²) in [5, 5.41) is 4.27. The number of halogens is 3. The monoisotopic (exact) mass is 398 g/mol. The van der Waals surface area contributed by atoms with Crippen molar-refractivity contribution in [2.24, 2.45) is 0 Å². The van der Waals surface area contributed by atoms with Gasteiger partial charge in [0.1, 0.15) is 5.15 Å². The predicted octanol–water partition coefficient (Wildman–Crippen LogP) is 5.19. The highest BCUT2D eigenvalue weighted by Crippen LogP contribution is 2.41. The smallest absolute Gasteiger partial charge is 0.136 e. The second-order valence-corrected chi connectivity index (χ2v) is 7.28. The summed E-state index contributed by atoms with van der Waals surface area (Å²) in [4.78, 5) is 4.44. The summed E-state index contributed by atoms with van der Waals surface area (Å²) in [6, 6.07) is 11.8. The molecule has 2 nitrogen and oxygen atoms in total. The van der Waals surface area contributed by atoms with Crippen LogP contribution in [-0.4, -0.2) is 17.1 Å². The number of rotatable bonds is 2. The largest absolute Gasteiger partial charge is 0.311 e. The van der Waals surface area contributed by atoms with Crippen molar-refractivity contribution in [1.82, 2.24) is 10.3 Å². The lowest BCUT2D eigenvalue weighted by molar-refractivity contribution is 0.505. The quantitative estimate of drug-likeness (QED) is 0.702. The van der Waals surface area contributed by atoms with Crippen LogP contribution in [0.5, 0.6) is 0 Å². The molecule has 0 radical (unpaired) electrons. The molecule has 5 heteroatoms. The molecule has 0 unspecified atom stereocenters. The van der Waals surface area contributed by atoms with E-state index < -0.39 is 0 Å². The SMILES string of the molecule is Cl.Clc1ncc([C@H]2C[C@@H]3CC[C@H]2N3)cc1-c1cccc(Br)c1. The first-order valence-electron chi connectivity index (χ1n) is 7.38. The maximum absolute atomic E-state index is 6.33. The van der Waals surface area contributed by atoms with E-state index in [0.29, 0.717) is 23.2 Å². The van der Waals surface area contributed by atoms with Crippen LogP contribution in [0.15, 0.2) is 41.0 Å². The number of nitrogens with zero attached hydrogens (tertiary/aromatic N) is 1. The molecule has 3 atom stereocenters. The number of pyridine rings is 1. The van der Waals surface area contributed by atoms with Crippen molar-refractivity contribution in [2.45, 2.75) is 37.3 Å². The van der Waals surface area contributed by atoms with Crippen molar-refractivity contribution in [3.63, 3.8) is 0 Å². The molecule has 0 saturated carbocycles. The van der Waals surface area contributed by atoms with Crippen molar-refractivity contribution in [3.8, 4) is 11.1 Å². The molecule has 1 aromatic heterocycles. The molecule has 1 N–H and O–H groups in total. The summed E-state index contributed by atoms with van der Waals surface area (Å²) in [6.07, 6.45) is 5.79. The molecule has 3 heterocycles. The van der Waals surface area contributed by atoms with Gasteiger partial charge in [-0.15, -0.1) is 12.4 Å². The standard InChI is InChI=1S/C17H16BrClN2.ClH/c18-12-3-1-2-10(6-12)15-7-11(9-20-17(15)19)14-8-13-4-5-16(14)21-13;/h1-3,6-7,9,13-14,16,21H,4-5,8H2;1H/t13-,14+,16+;/m0./s1. The van der Waals surface area contributed by atoms with Gasteiger partial charge in [0.25, 0.3) is 0 Å². The molecular formula is C17H17BrCl2N2. The lowest BCUT2D eigenvalue weighted by atomic mass is 9.84. The van der Waals surface area contributed by atoms with E-state index in [2.05, 4.69) is 44.4 Å². The minimum absolute atomic E-state index is 0. The molecular weight excluding hydrogens is 383 g/mol. The van der Waals surface area contributed by atoms with Gasteiger partial charge in [0.05, 0.1) is 0 Å². The molecule has 1 aromatic carbocycles. The summed E-state index contributed by atoms with van der Waals surface area (Å²) < 4.78 is 1.06. The third kappa shape index (κ3) is 2.92. The first kappa shape index (κ1) is 16.3. The van der Waals surface area contributed by atoms with Crippen molar-refractivity contribution < 1.29 is 0 Å². The highest BCUT2D eigenvalue weighted by Gasteiger charge is 2.39. The highest BCUT2D eigenvalue weighted by atomic mass is 79.9. The zero-order chi connectivity index (χ0) is 14.4. The normalized spacial score (nSPS) is 26.0. The predicted molar refractivity (Wildman–Crippen MR) is 96.9 cm³/mol. The van der Waals surface area contributed by atoms with Gasteiger partial charge in [-0.1, -0.05) is 39.7 Å². The van der Waals surface area contributed by atoms with E-state index >= 15 is 0 Å². The van der Waals surface area contributed by atoms with Crippen molar-refractivity contribution in [2.75, 3.05) is 0 Å². The van der Waals surface area contributed by atoms with Crippen LogP contribution in [0.3, 0.4) is 0 Å². The molecule has 0 amide bonds. The Labute approximate surface area is 150 Å². The Morgan fingerprint density at radius 2 is 2.09 bits per heavy atom. The number of fused-ring (bicyclic) bond motifs is 2. The number of hydrogen-bond donors (Lipinski definition) is 1. The van der Waals surface area contributed by atoms with Crippen LogP contribution in [0.4, 0.5) is 0 Å². The van der Waals surface area contributed by atoms with Gasteiger partial charge in [-0.05, 0) is 48.6 Å². The first-order chi connectivity index (χ1) is 10.2. The zero-order valence-corrected chi connectivity index (χ0v) is 15.1. The second-order valence-electron chi connectivity index (χ2n) is 6.01. The number of benzene rings is 1. The van der Waals surface area contributed by atoms with Gasteiger partial charge in [-0.2, -0.15) is 0 Å². The molecule has 2 aliphatic heterocycles. The van der Waals surface area contributed by atoms with Gasteiger partial charge in [-0.25, -0.2) is 4.98 Å². The van der Waals surface area contributed by atoms with Gasteiger partial charge in [-0.3, -0.25) is 0 Å². The van der Waals surface area contributed by atoms with Gasteiger partial charge < -0.3 is 5.32 Å². The topological polar surface area (TPSA) is 24.9 Å². The number of hydrogen-bond acceptors (Lipinski definition) is 2. The first-order valence-corrected chi connectivity index (χ1v) is 8.55. The van der Waals surface area contributed by atoms with Crippen LogP contribution in [0.25, 0.3) is 11.1 Å². The van der Waals surface area contributed by atoms with Crippen LogP contribution in [0.2, 0.25) is 5.15 Å². The maximum Gasteiger partial charge on any atom is 0.136 e. The van der Waals surface area contributed by atoms with Crippen molar-refractivity contribution in [3.05, 3.63) is 51.7 Å². The average molecular weight is 400 g/mol. The lowest BCUT2D eigenvalue weighted by Gasteiger charge is -2.21. The molecule has 2 fully saturated rings. The van der Waals surface area contributed by atoms with Crippen LogP contribution >= 0.6 is 39.9 Å². The summed E-state index contributed by atoms with van der Waals surface area (Å²) in [6.45, 7) is 0. The summed E-state index contributed by atoms with van der Waals surface area (Å²) in [5.41, 5.74) is 3.45. The lowest BCUT2D eigenvalue weighted by Crippen LogP contribution is -2.21. The molecule has 2 saturated heterocycles. The minimum Gasteiger partial charge on any atom is -0.311 e. The molecule has 0 aliphatic carbocycles. The van der Waals surface area contributed by atoms with Gasteiger partial charge in [0, 0.05) is 34.2 Å².